The zero-order valence-corrected chi connectivity index (χ0v) is 16.4. The van der Waals surface area contributed by atoms with Crippen molar-refractivity contribution in [1.29, 1.82) is 0 Å². The summed E-state index contributed by atoms with van der Waals surface area (Å²) in [5.41, 5.74) is 1.01. The van der Waals surface area contributed by atoms with Crippen molar-refractivity contribution in [2.45, 2.75) is 19.6 Å². The maximum atomic E-state index is 12.0. The highest BCUT2D eigenvalue weighted by atomic mass is 16.5. The van der Waals surface area contributed by atoms with E-state index in [1.165, 1.54) is 0 Å². The zero-order valence-electron chi connectivity index (χ0n) is 16.4. The maximum absolute atomic E-state index is 12.0. The molecule has 1 aromatic carbocycles. The Bertz CT molecular complexity index is 714. The SMILES string of the molecule is CN=C(NCCCOCc1ccco1)NCC(=O)NCc1ccc(OC)cc1. The summed E-state index contributed by atoms with van der Waals surface area (Å²) in [6, 6.07) is 11.3. The van der Waals surface area contributed by atoms with E-state index in [-0.39, 0.29) is 12.5 Å². The fraction of sp³-hybridized carbons (Fsp3) is 0.400. The van der Waals surface area contributed by atoms with Gasteiger partial charge in [-0.1, -0.05) is 12.1 Å². The van der Waals surface area contributed by atoms with E-state index in [1.54, 1.807) is 20.4 Å². The van der Waals surface area contributed by atoms with Crippen LogP contribution in [0.1, 0.15) is 17.7 Å². The third kappa shape index (κ3) is 8.13. The van der Waals surface area contributed by atoms with E-state index < -0.39 is 0 Å². The molecule has 1 heterocycles. The highest BCUT2D eigenvalue weighted by Gasteiger charge is 2.04. The van der Waals surface area contributed by atoms with Gasteiger partial charge in [-0.2, -0.15) is 0 Å². The lowest BCUT2D eigenvalue weighted by Crippen LogP contribution is -2.43. The first kappa shape index (κ1) is 21.3. The number of amides is 1. The molecular formula is C20H28N4O4. The largest absolute Gasteiger partial charge is 0.497 e. The van der Waals surface area contributed by atoms with Crippen LogP contribution in [0.5, 0.6) is 5.75 Å². The number of benzene rings is 1. The first-order chi connectivity index (χ1) is 13.7. The number of guanidine groups is 1. The topological polar surface area (TPSA) is 97.1 Å². The highest BCUT2D eigenvalue weighted by Crippen LogP contribution is 2.10. The van der Waals surface area contributed by atoms with Crippen LogP contribution < -0.4 is 20.7 Å². The number of carbonyl (C=O) groups excluding carboxylic acids is 1. The van der Waals surface area contributed by atoms with Crippen LogP contribution in [0, 0.1) is 0 Å². The molecule has 0 radical (unpaired) electrons. The first-order valence-electron chi connectivity index (χ1n) is 9.15. The Hall–Kier alpha value is -3.00. The van der Waals surface area contributed by atoms with E-state index in [0.29, 0.717) is 32.3 Å². The Morgan fingerprint density at radius 2 is 1.96 bits per heavy atom. The molecule has 0 aliphatic rings. The molecule has 1 aromatic heterocycles. The number of nitrogens with zero attached hydrogens (tertiary/aromatic N) is 1. The Morgan fingerprint density at radius 3 is 2.64 bits per heavy atom. The number of methoxy groups -OCH3 is 1. The molecule has 0 unspecified atom stereocenters. The van der Waals surface area contributed by atoms with Crippen LogP contribution in [0.2, 0.25) is 0 Å². The molecular weight excluding hydrogens is 360 g/mol. The lowest BCUT2D eigenvalue weighted by Gasteiger charge is -2.12. The van der Waals surface area contributed by atoms with Gasteiger partial charge >= 0.3 is 0 Å². The molecule has 2 aromatic rings. The normalized spacial score (nSPS) is 11.1. The van der Waals surface area contributed by atoms with Crippen molar-refractivity contribution in [3.63, 3.8) is 0 Å². The Balaban J connectivity index is 1.54. The first-order valence-corrected chi connectivity index (χ1v) is 9.15. The molecule has 1 amide bonds. The standard InChI is InChI=1S/C20H28N4O4/c1-21-20(22-10-4-11-27-15-18-5-3-12-28-18)24-14-19(25)23-13-16-6-8-17(26-2)9-7-16/h3,5-9,12H,4,10-11,13-15H2,1-2H3,(H,23,25)(H2,21,22,24). The third-order valence-electron chi connectivity index (χ3n) is 3.87. The van der Waals surface area contributed by atoms with Gasteiger partial charge in [0.25, 0.3) is 0 Å². The summed E-state index contributed by atoms with van der Waals surface area (Å²) in [4.78, 5) is 16.1. The summed E-state index contributed by atoms with van der Waals surface area (Å²) in [7, 11) is 3.29. The number of nitrogens with one attached hydrogen (secondary N) is 3. The van der Waals surface area contributed by atoms with Gasteiger partial charge in [0.15, 0.2) is 5.96 Å². The van der Waals surface area contributed by atoms with Crippen molar-refractivity contribution in [3.8, 4) is 5.75 Å². The van der Waals surface area contributed by atoms with Gasteiger partial charge in [0.1, 0.15) is 18.1 Å². The summed E-state index contributed by atoms with van der Waals surface area (Å²) in [6.07, 6.45) is 2.44. The molecule has 2 rings (SSSR count). The predicted octanol–water partition coefficient (Wildman–Crippen LogP) is 1.68. The Labute approximate surface area is 165 Å². The van der Waals surface area contributed by atoms with E-state index >= 15 is 0 Å². The van der Waals surface area contributed by atoms with Crippen molar-refractivity contribution in [2.24, 2.45) is 4.99 Å². The highest BCUT2D eigenvalue weighted by molar-refractivity contribution is 5.86. The van der Waals surface area contributed by atoms with Crippen LogP contribution in [0.4, 0.5) is 0 Å². The second-order valence-corrected chi connectivity index (χ2v) is 5.96. The van der Waals surface area contributed by atoms with E-state index in [9.17, 15) is 4.79 Å². The molecule has 0 aliphatic heterocycles. The van der Waals surface area contributed by atoms with Gasteiger partial charge in [0, 0.05) is 26.7 Å². The van der Waals surface area contributed by atoms with Crippen LogP contribution in [0.15, 0.2) is 52.1 Å². The van der Waals surface area contributed by atoms with Crippen molar-refractivity contribution in [1.82, 2.24) is 16.0 Å². The van der Waals surface area contributed by atoms with Crippen molar-refractivity contribution in [2.75, 3.05) is 33.9 Å². The van der Waals surface area contributed by atoms with Gasteiger partial charge in [-0.15, -0.1) is 0 Å². The van der Waals surface area contributed by atoms with Crippen LogP contribution in [0.25, 0.3) is 0 Å². The van der Waals surface area contributed by atoms with E-state index in [0.717, 1.165) is 23.5 Å². The van der Waals surface area contributed by atoms with Gasteiger partial charge in [-0.05, 0) is 36.2 Å². The number of ether oxygens (including phenoxy) is 2. The smallest absolute Gasteiger partial charge is 0.239 e. The fourth-order valence-electron chi connectivity index (χ4n) is 2.34. The minimum absolute atomic E-state index is 0.111. The van der Waals surface area contributed by atoms with E-state index in [1.807, 2.05) is 36.4 Å². The summed E-state index contributed by atoms with van der Waals surface area (Å²) < 4.78 is 15.8. The van der Waals surface area contributed by atoms with Crippen LogP contribution >= 0.6 is 0 Å². The monoisotopic (exact) mass is 388 g/mol. The van der Waals surface area contributed by atoms with Crippen molar-refractivity contribution < 1.29 is 18.7 Å². The van der Waals surface area contributed by atoms with E-state index in [4.69, 9.17) is 13.9 Å². The molecule has 0 saturated carbocycles. The molecule has 0 aliphatic carbocycles. The van der Waals surface area contributed by atoms with Crippen molar-refractivity contribution in [3.05, 3.63) is 54.0 Å². The fourth-order valence-corrected chi connectivity index (χ4v) is 2.34. The summed E-state index contributed by atoms with van der Waals surface area (Å²) in [5.74, 6) is 2.07. The van der Waals surface area contributed by atoms with Gasteiger partial charge in [-0.3, -0.25) is 9.79 Å². The molecule has 0 bridgehead atoms. The lowest BCUT2D eigenvalue weighted by molar-refractivity contribution is -0.120. The molecule has 0 saturated heterocycles. The predicted molar refractivity (Wildman–Crippen MR) is 107 cm³/mol. The lowest BCUT2D eigenvalue weighted by atomic mass is 10.2. The molecule has 3 N–H and O–H groups in total. The Morgan fingerprint density at radius 1 is 1.14 bits per heavy atom. The summed E-state index contributed by atoms with van der Waals surface area (Å²) in [5, 5.41) is 8.99. The molecule has 152 valence electrons. The minimum atomic E-state index is -0.111. The van der Waals surface area contributed by atoms with Crippen LogP contribution in [0.3, 0.4) is 0 Å². The second kappa shape index (κ2) is 12.4. The van der Waals surface area contributed by atoms with Crippen molar-refractivity contribution >= 4 is 11.9 Å². The number of aliphatic imine (C=N–C) groups is 1. The zero-order chi connectivity index (χ0) is 20.0. The number of rotatable bonds is 11. The molecule has 8 nitrogen and oxygen atoms in total. The number of furan rings is 1. The van der Waals surface area contributed by atoms with Gasteiger partial charge in [0.2, 0.25) is 5.91 Å². The average molecular weight is 388 g/mol. The Kier molecular flexibility index (Phi) is 9.43. The number of carbonyl (C=O) groups is 1. The number of hydrogen-bond acceptors (Lipinski definition) is 5. The van der Waals surface area contributed by atoms with Gasteiger partial charge in [0.05, 0.1) is 19.9 Å². The van der Waals surface area contributed by atoms with Gasteiger partial charge < -0.3 is 29.8 Å². The van der Waals surface area contributed by atoms with E-state index in [2.05, 4.69) is 20.9 Å². The molecule has 8 heteroatoms. The molecule has 28 heavy (non-hydrogen) atoms. The maximum Gasteiger partial charge on any atom is 0.239 e. The van der Waals surface area contributed by atoms with Crippen LogP contribution in [-0.2, 0) is 22.7 Å². The van der Waals surface area contributed by atoms with Gasteiger partial charge in [-0.25, -0.2) is 0 Å². The summed E-state index contributed by atoms with van der Waals surface area (Å²) >= 11 is 0. The third-order valence-corrected chi connectivity index (χ3v) is 3.87. The summed E-state index contributed by atoms with van der Waals surface area (Å²) in [6.45, 7) is 2.36. The molecule has 0 fully saturated rings. The van der Waals surface area contributed by atoms with Crippen LogP contribution in [-0.4, -0.2) is 45.7 Å². The quantitative estimate of drug-likeness (QED) is 0.308. The second-order valence-electron chi connectivity index (χ2n) is 5.96. The minimum Gasteiger partial charge on any atom is -0.497 e. The number of hydrogen-bond donors (Lipinski definition) is 3. The molecule has 0 spiro atoms. The average Bonchev–Trinajstić information content (AvgIpc) is 3.25. The molecule has 0 atom stereocenters.